The van der Waals surface area contributed by atoms with Gasteiger partial charge in [-0.15, -0.1) is 11.8 Å². The van der Waals surface area contributed by atoms with Crippen LogP contribution in [0.1, 0.15) is 22.6 Å². The third-order valence-corrected chi connectivity index (χ3v) is 5.09. The summed E-state index contributed by atoms with van der Waals surface area (Å²) in [6.07, 6.45) is 0. The Balaban J connectivity index is 1.64. The highest BCUT2D eigenvalue weighted by atomic mass is 32.2. The predicted molar refractivity (Wildman–Crippen MR) is 103 cm³/mol. The number of hydrogen-bond donors (Lipinski definition) is 0. The molecule has 1 aromatic heterocycles. The second-order valence-corrected chi connectivity index (χ2v) is 6.86. The first-order valence-electron chi connectivity index (χ1n) is 8.25. The lowest BCUT2D eigenvalue weighted by molar-refractivity contribution is 0.393. The van der Waals surface area contributed by atoms with Gasteiger partial charge in [0.25, 0.3) is 0 Å². The van der Waals surface area contributed by atoms with Gasteiger partial charge in [0, 0.05) is 12.1 Å². The SMILES string of the molecule is Cc1noc(C)c1-c1cccc(C2=CS[CH]N2Cc2ccccc2)c1. The lowest BCUT2D eigenvalue weighted by atomic mass is 10.0. The summed E-state index contributed by atoms with van der Waals surface area (Å²) >= 11 is 1.72. The van der Waals surface area contributed by atoms with Crippen molar-refractivity contribution in [2.24, 2.45) is 0 Å². The lowest BCUT2D eigenvalue weighted by Crippen LogP contribution is -2.14. The maximum atomic E-state index is 5.33. The summed E-state index contributed by atoms with van der Waals surface area (Å²) in [6, 6.07) is 19.1. The molecule has 0 saturated carbocycles. The van der Waals surface area contributed by atoms with Gasteiger partial charge < -0.3 is 9.42 Å². The van der Waals surface area contributed by atoms with E-state index >= 15 is 0 Å². The first kappa shape index (κ1) is 16.0. The zero-order valence-corrected chi connectivity index (χ0v) is 15.1. The van der Waals surface area contributed by atoms with E-state index in [-0.39, 0.29) is 0 Å². The van der Waals surface area contributed by atoms with Gasteiger partial charge in [0.05, 0.1) is 11.4 Å². The van der Waals surface area contributed by atoms with E-state index in [0.717, 1.165) is 29.1 Å². The fraction of sp³-hybridized carbons (Fsp3) is 0.143. The Morgan fingerprint density at radius 1 is 1.00 bits per heavy atom. The average Bonchev–Trinajstić information content (AvgIpc) is 3.22. The van der Waals surface area contributed by atoms with E-state index in [4.69, 9.17) is 4.52 Å². The van der Waals surface area contributed by atoms with Crippen molar-refractivity contribution in [3.05, 3.63) is 88.5 Å². The van der Waals surface area contributed by atoms with E-state index < -0.39 is 0 Å². The molecule has 0 N–H and O–H groups in total. The summed E-state index contributed by atoms with van der Waals surface area (Å²) in [6.45, 7) is 4.82. The molecule has 0 amide bonds. The number of nitrogens with zero attached hydrogens (tertiary/aromatic N) is 2. The maximum Gasteiger partial charge on any atom is 0.141 e. The summed E-state index contributed by atoms with van der Waals surface area (Å²) in [5.74, 6) is 3.03. The molecule has 4 heteroatoms. The number of aromatic nitrogens is 1. The standard InChI is InChI=1S/C21H19N2OS/c1-15-21(16(2)24-22-15)19-10-6-9-18(11-19)20-13-25-14-23(20)12-17-7-4-3-5-8-17/h3-11,13-14H,12H2,1-2H3. The minimum absolute atomic E-state index is 0.858. The fourth-order valence-corrected chi connectivity index (χ4v) is 3.95. The zero-order chi connectivity index (χ0) is 17.2. The van der Waals surface area contributed by atoms with Crippen molar-refractivity contribution < 1.29 is 4.52 Å². The van der Waals surface area contributed by atoms with E-state index in [1.165, 1.54) is 16.8 Å². The van der Waals surface area contributed by atoms with Gasteiger partial charge in [0.1, 0.15) is 11.6 Å². The van der Waals surface area contributed by atoms with Gasteiger partial charge in [0.15, 0.2) is 0 Å². The van der Waals surface area contributed by atoms with Crippen molar-refractivity contribution in [3.8, 4) is 11.1 Å². The van der Waals surface area contributed by atoms with E-state index in [1.54, 1.807) is 11.8 Å². The topological polar surface area (TPSA) is 29.3 Å². The van der Waals surface area contributed by atoms with Crippen molar-refractivity contribution in [2.75, 3.05) is 0 Å². The fourth-order valence-electron chi connectivity index (χ4n) is 3.16. The van der Waals surface area contributed by atoms with Crippen LogP contribution in [0.5, 0.6) is 0 Å². The van der Waals surface area contributed by atoms with Gasteiger partial charge in [-0.25, -0.2) is 0 Å². The normalized spacial score (nSPS) is 14.0. The molecule has 0 aliphatic carbocycles. The highest BCUT2D eigenvalue weighted by molar-refractivity contribution is 8.04. The second kappa shape index (κ2) is 6.81. The minimum Gasteiger partial charge on any atom is -0.361 e. The molecule has 0 atom stereocenters. The molecule has 3 nitrogen and oxygen atoms in total. The van der Waals surface area contributed by atoms with E-state index in [9.17, 15) is 0 Å². The smallest absolute Gasteiger partial charge is 0.141 e. The zero-order valence-electron chi connectivity index (χ0n) is 14.3. The average molecular weight is 347 g/mol. The molecule has 25 heavy (non-hydrogen) atoms. The molecule has 0 saturated heterocycles. The summed E-state index contributed by atoms with van der Waals surface area (Å²) in [4.78, 5) is 2.30. The molecular formula is C21H19N2OS. The molecule has 0 bridgehead atoms. The van der Waals surface area contributed by atoms with Crippen LogP contribution in [0.3, 0.4) is 0 Å². The van der Waals surface area contributed by atoms with Crippen LogP contribution >= 0.6 is 11.8 Å². The molecule has 4 rings (SSSR count). The summed E-state index contributed by atoms with van der Waals surface area (Å²) in [5, 5.41) is 6.28. The Hall–Kier alpha value is -2.46. The monoisotopic (exact) mass is 347 g/mol. The Bertz CT molecular complexity index is 895. The summed E-state index contributed by atoms with van der Waals surface area (Å²) in [7, 11) is 0. The van der Waals surface area contributed by atoms with Crippen molar-refractivity contribution in [1.29, 1.82) is 0 Å². The summed E-state index contributed by atoms with van der Waals surface area (Å²) in [5.41, 5.74) is 6.89. The van der Waals surface area contributed by atoms with E-state index in [1.807, 2.05) is 13.8 Å². The van der Waals surface area contributed by atoms with E-state index in [2.05, 4.69) is 75.9 Å². The molecule has 125 valence electrons. The van der Waals surface area contributed by atoms with Crippen molar-refractivity contribution >= 4 is 17.5 Å². The molecular weight excluding hydrogens is 328 g/mol. The van der Waals surface area contributed by atoms with Gasteiger partial charge in [-0.2, -0.15) is 0 Å². The first-order chi connectivity index (χ1) is 12.2. The van der Waals surface area contributed by atoms with Crippen LogP contribution in [0.15, 0.2) is 64.5 Å². The van der Waals surface area contributed by atoms with Crippen LogP contribution < -0.4 is 0 Å². The van der Waals surface area contributed by atoms with Gasteiger partial charge in [0.2, 0.25) is 0 Å². The van der Waals surface area contributed by atoms with Crippen LogP contribution in [0.4, 0.5) is 0 Å². The van der Waals surface area contributed by atoms with Crippen molar-refractivity contribution in [1.82, 2.24) is 10.1 Å². The molecule has 1 radical (unpaired) electrons. The minimum atomic E-state index is 0.858. The molecule has 1 aliphatic heterocycles. The van der Waals surface area contributed by atoms with Crippen LogP contribution in [0, 0.1) is 19.7 Å². The maximum absolute atomic E-state index is 5.33. The summed E-state index contributed by atoms with van der Waals surface area (Å²) < 4.78 is 5.33. The lowest BCUT2D eigenvalue weighted by Gasteiger charge is -2.21. The van der Waals surface area contributed by atoms with Gasteiger partial charge in [-0.05, 0) is 42.0 Å². The van der Waals surface area contributed by atoms with Crippen LogP contribution in [0.25, 0.3) is 16.8 Å². The van der Waals surface area contributed by atoms with Gasteiger partial charge in [-0.1, -0.05) is 53.7 Å². The quantitative estimate of drug-likeness (QED) is 0.612. The van der Waals surface area contributed by atoms with Gasteiger partial charge in [-0.3, -0.25) is 0 Å². The Kier molecular flexibility index (Phi) is 4.36. The number of rotatable bonds is 4. The molecule has 2 aromatic carbocycles. The van der Waals surface area contributed by atoms with Crippen molar-refractivity contribution in [2.45, 2.75) is 20.4 Å². The number of benzene rings is 2. The molecule has 0 fully saturated rings. The number of hydrogen-bond acceptors (Lipinski definition) is 4. The highest BCUT2D eigenvalue weighted by Gasteiger charge is 2.19. The Labute approximate surface area is 152 Å². The number of aryl methyl sites for hydroxylation is 2. The largest absolute Gasteiger partial charge is 0.361 e. The molecule has 1 aliphatic rings. The van der Waals surface area contributed by atoms with Gasteiger partial charge >= 0.3 is 0 Å². The van der Waals surface area contributed by atoms with Crippen LogP contribution in [-0.2, 0) is 6.54 Å². The van der Waals surface area contributed by atoms with E-state index in [0.29, 0.717) is 0 Å². The van der Waals surface area contributed by atoms with Crippen molar-refractivity contribution in [3.63, 3.8) is 0 Å². The molecule has 3 aromatic rings. The van der Waals surface area contributed by atoms with Crippen LogP contribution in [-0.4, -0.2) is 10.1 Å². The first-order valence-corrected chi connectivity index (χ1v) is 9.20. The predicted octanol–water partition coefficient (Wildman–Crippen LogP) is 5.63. The molecule has 0 spiro atoms. The molecule has 2 heterocycles. The Morgan fingerprint density at radius 3 is 2.56 bits per heavy atom. The second-order valence-electron chi connectivity index (χ2n) is 6.14. The van der Waals surface area contributed by atoms with Crippen LogP contribution in [0.2, 0.25) is 0 Å². The highest BCUT2D eigenvalue weighted by Crippen LogP contribution is 2.37. The number of thioether (sulfide) groups is 1. The Morgan fingerprint density at radius 2 is 1.80 bits per heavy atom. The third-order valence-electron chi connectivity index (χ3n) is 4.35. The molecule has 0 unspecified atom stereocenters. The third kappa shape index (κ3) is 3.22.